The molecule has 0 radical (unpaired) electrons. The van der Waals surface area contributed by atoms with E-state index in [1.165, 1.54) is 39.1 Å². The van der Waals surface area contributed by atoms with Gasteiger partial charge in [0.05, 0.1) is 17.6 Å². The van der Waals surface area contributed by atoms with Crippen molar-refractivity contribution in [2.45, 2.75) is 59.5 Å². The van der Waals surface area contributed by atoms with E-state index in [2.05, 4.69) is 84.3 Å². The number of rotatable bonds is 6. The Morgan fingerprint density at radius 2 is 1.89 bits per heavy atom. The van der Waals surface area contributed by atoms with Gasteiger partial charge >= 0.3 is 0 Å². The zero-order chi connectivity index (χ0) is 24.6. The fourth-order valence-electron chi connectivity index (χ4n) is 5.34. The molecule has 4 aromatic rings. The number of nitrogens with one attached hydrogen (secondary N) is 2. The number of hydrogen-bond acceptors (Lipinski definition) is 3. The molecular weight excluding hydrogens is 444 g/mol. The maximum absolute atomic E-state index is 6.30. The average molecular weight is 477 g/mol. The highest BCUT2D eigenvalue weighted by atomic mass is 16.5. The maximum atomic E-state index is 6.30. The first-order valence-electron chi connectivity index (χ1n) is 13.0. The molecule has 5 heteroatoms. The van der Waals surface area contributed by atoms with E-state index in [1.54, 1.807) is 0 Å². The molecule has 0 fully saturated rings. The Bertz CT molecular complexity index is 1500. The van der Waals surface area contributed by atoms with Crippen LogP contribution in [-0.2, 0) is 25.9 Å². The molecule has 2 aliphatic rings. The molecule has 36 heavy (non-hydrogen) atoms. The summed E-state index contributed by atoms with van der Waals surface area (Å²) in [7, 11) is 0. The van der Waals surface area contributed by atoms with Crippen molar-refractivity contribution >= 4 is 5.57 Å². The second-order valence-corrected chi connectivity index (χ2v) is 9.70. The summed E-state index contributed by atoms with van der Waals surface area (Å²) < 4.78 is 6.30. The first-order valence-corrected chi connectivity index (χ1v) is 13.0. The van der Waals surface area contributed by atoms with Crippen LogP contribution in [0.1, 0.15) is 62.1 Å². The monoisotopic (exact) mass is 476 g/mol. The molecule has 3 heterocycles. The highest BCUT2D eigenvalue weighted by Crippen LogP contribution is 2.44. The molecule has 0 atom stereocenters. The van der Waals surface area contributed by atoms with Crippen molar-refractivity contribution in [1.29, 1.82) is 0 Å². The lowest BCUT2D eigenvalue weighted by molar-refractivity contribution is 0.302. The lowest BCUT2D eigenvalue weighted by Crippen LogP contribution is -2.09. The first kappa shape index (κ1) is 22.6. The molecule has 5 nitrogen and oxygen atoms in total. The van der Waals surface area contributed by atoms with Crippen LogP contribution in [0.5, 0.6) is 5.75 Å². The summed E-state index contributed by atoms with van der Waals surface area (Å²) in [5.74, 6) is 2.91. The Hall–Kier alpha value is -3.86. The summed E-state index contributed by atoms with van der Waals surface area (Å²) in [6.45, 7) is 6.96. The zero-order valence-electron chi connectivity index (χ0n) is 21.2. The van der Waals surface area contributed by atoms with E-state index >= 15 is 0 Å². The lowest BCUT2D eigenvalue weighted by Gasteiger charge is -2.25. The van der Waals surface area contributed by atoms with E-state index in [4.69, 9.17) is 9.72 Å². The zero-order valence-corrected chi connectivity index (χ0v) is 21.2. The predicted molar refractivity (Wildman–Crippen MR) is 146 cm³/mol. The van der Waals surface area contributed by atoms with Crippen molar-refractivity contribution in [3.63, 3.8) is 0 Å². The standard InChI is InChI=1S/C31H32N4O/c1-4-6-7-9-29-33-26-13-11-20-15-25-23-12-10-21(27-17-32-31(34-27)19(3)8-5-2)14-22(23)18-36-28(25)16-24(20)30(26)35-29/h6-8,10,12,14-17H,4-5,9,11,13,18H2,1-3H3,(H,32,34)(H,33,35). The van der Waals surface area contributed by atoms with Crippen LogP contribution >= 0.6 is 0 Å². The fourth-order valence-corrected chi connectivity index (χ4v) is 5.34. The number of fused-ring (bicyclic) bond motifs is 6. The number of aromatic amines is 2. The summed E-state index contributed by atoms with van der Waals surface area (Å²) in [5.41, 5.74) is 11.9. The van der Waals surface area contributed by atoms with Crippen LogP contribution in [0.4, 0.5) is 0 Å². The van der Waals surface area contributed by atoms with Gasteiger partial charge in [0.25, 0.3) is 0 Å². The predicted octanol–water partition coefficient (Wildman–Crippen LogP) is 7.45. The van der Waals surface area contributed by atoms with E-state index in [9.17, 15) is 0 Å². The topological polar surface area (TPSA) is 66.6 Å². The number of nitrogens with zero attached hydrogens (tertiary/aromatic N) is 2. The Kier molecular flexibility index (Phi) is 5.84. The van der Waals surface area contributed by atoms with Crippen molar-refractivity contribution in [2.75, 3.05) is 0 Å². The normalized spacial score (nSPS) is 14.2. The van der Waals surface area contributed by atoms with Gasteiger partial charge in [-0.1, -0.05) is 44.2 Å². The van der Waals surface area contributed by atoms with Crippen molar-refractivity contribution in [3.8, 4) is 39.4 Å². The third-order valence-electron chi connectivity index (χ3n) is 7.20. The molecule has 0 bridgehead atoms. The van der Waals surface area contributed by atoms with Gasteiger partial charge in [-0.3, -0.25) is 0 Å². The number of hydrogen-bond donors (Lipinski definition) is 2. The van der Waals surface area contributed by atoms with Gasteiger partial charge in [-0.2, -0.15) is 0 Å². The lowest BCUT2D eigenvalue weighted by atomic mass is 9.86. The molecule has 6 rings (SSSR count). The van der Waals surface area contributed by atoms with E-state index in [0.717, 1.165) is 66.5 Å². The highest BCUT2D eigenvalue weighted by molar-refractivity contribution is 5.83. The van der Waals surface area contributed by atoms with Crippen LogP contribution in [-0.4, -0.2) is 19.9 Å². The number of imidazole rings is 2. The van der Waals surface area contributed by atoms with Crippen LogP contribution in [0, 0.1) is 0 Å². The minimum atomic E-state index is 0.561. The number of ether oxygens (including phenoxy) is 1. The minimum absolute atomic E-state index is 0.561. The molecule has 182 valence electrons. The summed E-state index contributed by atoms with van der Waals surface area (Å²) >= 11 is 0. The van der Waals surface area contributed by atoms with E-state index < -0.39 is 0 Å². The van der Waals surface area contributed by atoms with E-state index in [1.807, 2.05) is 6.20 Å². The van der Waals surface area contributed by atoms with Gasteiger partial charge < -0.3 is 14.7 Å². The van der Waals surface area contributed by atoms with Gasteiger partial charge in [0.2, 0.25) is 0 Å². The highest BCUT2D eigenvalue weighted by Gasteiger charge is 2.26. The summed E-state index contributed by atoms with van der Waals surface area (Å²) in [5, 5.41) is 0. The van der Waals surface area contributed by atoms with Crippen LogP contribution in [0.3, 0.4) is 0 Å². The van der Waals surface area contributed by atoms with Crippen molar-refractivity contribution < 1.29 is 4.74 Å². The van der Waals surface area contributed by atoms with Gasteiger partial charge in [-0.15, -0.1) is 0 Å². The van der Waals surface area contributed by atoms with E-state index in [-0.39, 0.29) is 0 Å². The van der Waals surface area contributed by atoms with E-state index in [0.29, 0.717) is 6.61 Å². The maximum Gasteiger partial charge on any atom is 0.133 e. The molecular formula is C31H32N4O. The Morgan fingerprint density at radius 1 is 0.972 bits per heavy atom. The fraction of sp³-hybridized carbons (Fsp3) is 0.290. The van der Waals surface area contributed by atoms with Crippen LogP contribution < -0.4 is 4.74 Å². The molecule has 1 aliphatic carbocycles. The Morgan fingerprint density at radius 3 is 2.75 bits per heavy atom. The number of aromatic nitrogens is 4. The summed E-state index contributed by atoms with van der Waals surface area (Å²) in [6.07, 6.45) is 13.4. The Labute approximate surface area is 212 Å². The van der Waals surface area contributed by atoms with Crippen molar-refractivity contribution in [2.24, 2.45) is 0 Å². The second-order valence-electron chi connectivity index (χ2n) is 9.70. The molecule has 0 unspecified atom stereocenters. The smallest absolute Gasteiger partial charge is 0.133 e. The SMILES string of the molecule is CCC=CCc1nc2c([nH]1)CCc1cc3c(cc1-2)OCc1cc(-c2cnc(C(C)=CCC)[nH]2)ccc1-3. The largest absolute Gasteiger partial charge is 0.488 e. The number of aryl methyl sites for hydroxylation is 2. The van der Waals surface area contributed by atoms with Crippen LogP contribution in [0.15, 0.2) is 54.8 Å². The molecule has 0 spiro atoms. The van der Waals surface area contributed by atoms with Gasteiger partial charge in [-0.25, -0.2) is 9.97 Å². The first-order chi connectivity index (χ1) is 17.6. The number of benzene rings is 2. The summed E-state index contributed by atoms with van der Waals surface area (Å²) in [6, 6.07) is 11.2. The van der Waals surface area contributed by atoms with Crippen LogP contribution in [0.2, 0.25) is 0 Å². The average Bonchev–Trinajstić information content (AvgIpc) is 3.55. The number of allylic oxidation sites excluding steroid dienone is 4. The van der Waals surface area contributed by atoms with Gasteiger partial charge in [-0.05, 0) is 78.6 Å². The molecule has 0 saturated heterocycles. The minimum Gasteiger partial charge on any atom is -0.488 e. The third-order valence-corrected chi connectivity index (χ3v) is 7.20. The molecule has 1 aliphatic heterocycles. The molecule has 2 aromatic carbocycles. The molecule has 0 amide bonds. The van der Waals surface area contributed by atoms with Gasteiger partial charge in [0.15, 0.2) is 0 Å². The van der Waals surface area contributed by atoms with Gasteiger partial charge in [0.1, 0.15) is 24.0 Å². The molecule has 2 N–H and O–H groups in total. The second kappa shape index (κ2) is 9.30. The number of H-pyrrole nitrogens is 2. The third kappa shape index (κ3) is 3.98. The Balaban J connectivity index is 1.32. The van der Waals surface area contributed by atoms with Crippen molar-refractivity contribution in [1.82, 2.24) is 19.9 Å². The summed E-state index contributed by atoms with van der Waals surface area (Å²) in [4.78, 5) is 16.6. The molecule has 0 saturated carbocycles. The van der Waals surface area contributed by atoms with Crippen molar-refractivity contribution in [3.05, 3.63) is 83.2 Å². The molecule has 2 aromatic heterocycles. The van der Waals surface area contributed by atoms with Crippen LogP contribution in [0.25, 0.3) is 39.2 Å². The van der Waals surface area contributed by atoms with Gasteiger partial charge in [0, 0.05) is 23.2 Å². The quantitative estimate of drug-likeness (QED) is 0.284.